The number of hydrogen-bond acceptors (Lipinski definition) is 2. The summed E-state index contributed by atoms with van der Waals surface area (Å²) in [6, 6.07) is -0.0444. The van der Waals surface area contributed by atoms with E-state index in [0.29, 0.717) is 0 Å². The first-order valence-electron chi connectivity index (χ1n) is 4.88. The summed E-state index contributed by atoms with van der Waals surface area (Å²) in [7, 11) is -4.25. The zero-order valence-corrected chi connectivity index (χ0v) is 10.00. The summed E-state index contributed by atoms with van der Waals surface area (Å²) in [4.78, 5) is -1.31. The number of sulfone groups is 1. The van der Waals surface area contributed by atoms with Crippen LogP contribution in [-0.2, 0) is 16.0 Å². The molecule has 0 bridgehead atoms. The van der Waals surface area contributed by atoms with Gasteiger partial charge in [-0.2, -0.15) is 13.2 Å². The fourth-order valence-electron chi connectivity index (χ4n) is 1.39. The quantitative estimate of drug-likeness (QED) is 0.801. The number of rotatable bonds is 3. The monoisotopic (exact) mass is 288 g/mol. The Morgan fingerprint density at radius 2 is 1.56 bits per heavy atom. The van der Waals surface area contributed by atoms with Crippen LogP contribution in [0, 0.1) is 11.6 Å². The maximum Gasteiger partial charge on any atom is 0.416 e. The normalized spacial score (nSPS) is 12.8. The zero-order chi connectivity index (χ0) is 14.1. The van der Waals surface area contributed by atoms with Crippen LogP contribution in [0.3, 0.4) is 0 Å². The third-order valence-electron chi connectivity index (χ3n) is 2.11. The molecule has 0 amide bonds. The van der Waals surface area contributed by atoms with Crippen LogP contribution < -0.4 is 0 Å². The van der Waals surface area contributed by atoms with Gasteiger partial charge in [0.25, 0.3) is 0 Å². The molecule has 0 radical (unpaired) electrons. The Bertz CT molecular complexity index is 525. The predicted octanol–water partition coefficient (Wildman–Crippen LogP) is 3.17. The van der Waals surface area contributed by atoms with Crippen molar-refractivity contribution in [1.82, 2.24) is 0 Å². The zero-order valence-electron chi connectivity index (χ0n) is 9.18. The van der Waals surface area contributed by atoms with E-state index in [2.05, 4.69) is 0 Å². The van der Waals surface area contributed by atoms with Gasteiger partial charge in [-0.25, -0.2) is 17.2 Å². The summed E-state index contributed by atoms with van der Waals surface area (Å²) in [5, 5.41) is 0. The minimum absolute atomic E-state index is 0.0222. The SMILES string of the molecule is CCCS(=O)(=O)c1c(F)cc(C(F)(F)F)cc1F. The molecule has 0 saturated heterocycles. The van der Waals surface area contributed by atoms with E-state index >= 15 is 0 Å². The first-order chi connectivity index (χ1) is 8.09. The van der Waals surface area contributed by atoms with E-state index in [-0.39, 0.29) is 18.6 Å². The van der Waals surface area contributed by atoms with Gasteiger partial charge in [0.15, 0.2) is 9.84 Å². The Morgan fingerprint density at radius 1 is 1.11 bits per heavy atom. The van der Waals surface area contributed by atoms with Crippen LogP contribution in [0.15, 0.2) is 17.0 Å². The number of hydrogen-bond donors (Lipinski definition) is 0. The molecule has 8 heteroatoms. The fourth-order valence-corrected chi connectivity index (χ4v) is 2.85. The third kappa shape index (κ3) is 2.98. The molecule has 0 saturated carbocycles. The van der Waals surface area contributed by atoms with Gasteiger partial charge in [-0.3, -0.25) is 0 Å². The molecule has 0 spiro atoms. The van der Waals surface area contributed by atoms with E-state index in [4.69, 9.17) is 0 Å². The highest BCUT2D eigenvalue weighted by Gasteiger charge is 2.34. The maximum absolute atomic E-state index is 13.3. The van der Waals surface area contributed by atoms with Gasteiger partial charge in [0, 0.05) is 0 Å². The standard InChI is InChI=1S/C10H9F5O2S/c1-2-3-18(16,17)9-7(11)4-6(5-8(9)12)10(13,14)15/h4-5H,2-3H2,1H3. The third-order valence-corrected chi connectivity index (χ3v) is 4.07. The summed E-state index contributed by atoms with van der Waals surface area (Å²) in [5.41, 5.74) is -1.56. The van der Waals surface area contributed by atoms with E-state index in [1.54, 1.807) is 0 Å². The largest absolute Gasteiger partial charge is 0.416 e. The average Bonchev–Trinajstić information content (AvgIpc) is 2.13. The molecule has 0 fully saturated rings. The van der Waals surface area contributed by atoms with Crippen LogP contribution in [-0.4, -0.2) is 14.2 Å². The topological polar surface area (TPSA) is 34.1 Å². The summed E-state index contributed by atoms with van der Waals surface area (Å²) >= 11 is 0. The Kier molecular flexibility index (Phi) is 3.99. The van der Waals surface area contributed by atoms with Gasteiger partial charge in [0.2, 0.25) is 0 Å². The lowest BCUT2D eigenvalue weighted by Crippen LogP contribution is -2.14. The van der Waals surface area contributed by atoms with Crippen molar-refractivity contribution in [2.75, 3.05) is 5.75 Å². The van der Waals surface area contributed by atoms with Gasteiger partial charge in [0.05, 0.1) is 11.3 Å². The molecular weight excluding hydrogens is 279 g/mol. The summed E-state index contributed by atoms with van der Waals surface area (Å²) in [6.45, 7) is 1.47. The van der Waals surface area contributed by atoms with Crippen molar-refractivity contribution >= 4 is 9.84 Å². The molecule has 0 unspecified atom stereocenters. The van der Waals surface area contributed by atoms with Crippen molar-refractivity contribution in [3.05, 3.63) is 29.3 Å². The minimum atomic E-state index is -4.94. The van der Waals surface area contributed by atoms with Crippen LogP contribution in [0.25, 0.3) is 0 Å². The maximum atomic E-state index is 13.3. The van der Waals surface area contributed by atoms with Crippen LogP contribution >= 0.6 is 0 Å². The molecule has 0 aliphatic rings. The molecule has 0 heterocycles. The van der Waals surface area contributed by atoms with E-state index in [1.807, 2.05) is 0 Å². The molecule has 1 aromatic rings. The molecular formula is C10H9F5O2S. The number of halogens is 5. The molecule has 0 aliphatic heterocycles. The molecule has 0 aromatic heterocycles. The van der Waals surface area contributed by atoms with Crippen molar-refractivity contribution in [3.8, 4) is 0 Å². The van der Waals surface area contributed by atoms with Gasteiger partial charge in [-0.1, -0.05) is 6.92 Å². The average molecular weight is 288 g/mol. The Balaban J connectivity index is 3.43. The molecule has 1 aromatic carbocycles. The minimum Gasteiger partial charge on any atom is -0.223 e. The van der Waals surface area contributed by atoms with Gasteiger partial charge in [0.1, 0.15) is 16.5 Å². The lowest BCUT2D eigenvalue weighted by atomic mass is 10.2. The fraction of sp³-hybridized carbons (Fsp3) is 0.400. The van der Waals surface area contributed by atoms with E-state index in [0.717, 1.165) is 0 Å². The van der Waals surface area contributed by atoms with E-state index < -0.39 is 43.9 Å². The summed E-state index contributed by atoms with van der Waals surface area (Å²) in [5.74, 6) is -3.99. The van der Waals surface area contributed by atoms with Crippen LogP contribution in [0.4, 0.5) is 22.0 Å². The Morgan fingerprint density at radius 3 is 1.89 bits per heavy atom. The molecule has 0 N–H and O–H groups in total. The molecule has 2 nitrogen and oxygen atoms in total. The molecule has 102 valence electrons. The van der Waals surface area contributed by atoms with Crippen molar-refractivity contribution in [2.45, 2.75) is 24.4 Å². The Labute approximate surface area is 100 Å². The molecule has 0 aliphatic carbocycles. The van der Waals surface area contributed by atoms with Crippen molar-refractivity contribution in [1.29, 1.82) is 0 Å². The smallest absolute Gasteiger partial charge is 0.223 e. The molecule has 18 heavy (non-hydrogen) atoms. The van der Waals surface area contributed by atoms with Crippen LogP contribution in [0.5, 0.6) is 0 Å². The lowest BCUT2D eigenvalue weighted by molar-refractivity contribution is -0.138. The second-order valence-electron chi connectivity index (χ2n) is 3.59. The highest BCUT2D eigenvalue weighted by molar-refractivity contribution is 7.91. The van der Waals surface area contributed by atoms with Gasteiger partial charge in [-0.05, 0) is 18.6 Å². The second kappa shape index (κ2) is 4.83. The van der Waals surface area contributed by atoms with Crippen LogP contribution in [0.2, 0.25) is 0 Å². The van der Waals surface area contributed by atoms with Crippen LogP contribution in [0.1, 0.15) is 18.9 Å². The van der Waals surface area contributed by atoms with E-state index in [9.17, 15) is 30.4 Å². The van der Waals surface area contributed by atoms with Gasteiger partial charge >= 0.3 is 6.18 Å². The predicted molar refractivity (Wildman–Crippen MR) is 53.7 cm³/mol. The summed E-state index contributed by atoms with van der Waals surface area (Å²) in [6.07, 6.45) is -4.84. The number of alkyl halides is 3. The van der Waals surface area contributed by atoms with Crippen molar-refractivity contribution < 1.29 is 30.4 Å². The van der Waals surface area contributed by atoms with Gasteiger partial charge < -0.3 is 0 Å². The lowest BCUT2D eigenvalue weighted by Gasteiger charge is -2.10. The first kappa shape index (κ1) is 14.9. The van der Waals surface area contributed by atoms with E-state index in [1.165, 1.54) is 6.92 Å². The highest BCUT2D eigenvalue weighted by atomic mass is 32.2. The van der Waals surface area contributed by atoms with Crippen molar-refractivity contribution in [3.63, 3.8) is 0 Å². The van der Waals surface area contributed by atoms with Crippen molar-refractivity contribution in [2.24, 2.45) is 0 Å². The first-order valence-corrected chi connectivity index (χ1v) is 6.54. The molecule has 0 atom stereocenters. The summed E-state index contributed by atoms with van der Waals surface area (Å²) < 4.78 is 86.4. The van der Waals surface area contributed by atoms with Gasteiger partial charge in [-0.15, -0.1) is 0 Å². The molecule has 1 rings (SSSR count). The Hall–Kier alpha value is -1.18. The number of benzene rings is 1. The second-order valence-corrected chi connectivity index (χ2v) is 5.63. The highest BCUT2D eigenvalue weighted by Crippen LogP contribution is 2.32.